The van der Waals surface area contributed by atoms with Crippen molar-refractivity contribution in [2.75, 3.05) is 5.88 Å². The van der Waals surface area contributed by atoms with Crippen LogP contribution in [0.1, 0.15) is 37.3 Å². The van der Waals surface area contributed by atoms with Crippen molar-refractivity contribution in [2.24, 2.45) is 0 Å². The van der Waals surface area contributed by atoms with E-state index in [9.17, 15) is 4.79 Å². The van der Waals surface area contributed by atoms with Gasteiger partial charge >= 0.3 is 5.97 Å². The molecular weight excluding hydrogens is 236 g/mol. The number of cyclic esters (lactones) is 1. The molecule has 0 bridgehead atoms. The molecule has 1 aliphatic heterocycles. The summed E-state index contributed by atoms with van der Waals surface area (Å²) in [6.07, 6.45) is 3.13. The first-order chi connectivity index (χ1) is 8.15. The van der Waals surface area contributed by atoms with Crippen LogP contribution in [0.5, 0.6) is 0 Å². The number of carbonyl (C=O) groups excluding carboxylic acids is 1. The third-order valence-corrected chi connectivity index (χ3v) is 3.51. The Morgan fingerprint density at radius 1 is 1.41 bits per heavy atom. The lowest BCUT2D eigenvalue weighted by Gasteiger charge is -2.35. The van der Waals surface area contributed by atoms with E-state index in [1.807, 2.05) is 25.1 Å². The highest BCUT2D eigenvalue weighted by Gasteiger charge is 2.35. The van der Waals surface area contributed by atoms with Crippen molar-refractivity contribution in [3.8, 4) is 0 Å². The number of rotatable bonds is 3. The molecule has 1 aromatic rings. The van der Waals surface area contributed by atoms with E-state index in [2.05, 4.69) is 6.07 Å². The summed E-state index contributed by atoms with van der Waals surface area (Å²) in [5.41, 5.74) is 1.81. The minimum Gasteiger partial charge on any atom is -0.454 e. The van der Waals surface area contributed by atoms with Crippen LogP contribution in [0.25, 0.3) is 0 Å². The van der Waals surface area contributed by atoms with Gasteiger partial charge in [0.1, 0.15) is 5.60 Å². The number of benzene rings is 1. The number of esters is 1. The summed E-state index contributed by atoms with van der Waals surface area (Å²) in [5, 5.41) is 0. The molecule has 2 nitrogen and oxygen atoms in total. The summed E-state index contributed by atoms with van der Waals surface area (Å²) in [7, 11) is 0. The molecule has 2 rings (SSSR count). The van der Waals surface area contributed by atoms with Gasteiger partial charge in [0, 0.05) is 12.3 Å². The maximum Gasteiger partial charge on any atom is 0.306 e. The number of hydrogen-bond donors (Lipinski definition) is 0. The van der Waals surface area contributed by atoms with Crippen LogP contribution in [0.3, 0.4) is 0 Å². The topological polar surface area (TPSA) is 26.3 Å². The molecule has 0 saturated carbocycles. The normalized spacial score (nSPS) is 24.5. The van der Waals surface area contributed by atoms with E-state index in [0.29, 0.717) is 12.3 Å². The van der Waals surface area contributed by atoms with E-state index < -0.39 is 5.60 Å². The lowest BCUT2D eigenvalue weighted by atomic mass is 9.84. The van der Waals surface area contributed by atoms with Gasteiger partial charge in [-0.25, -0.2) is 0 Å². The van der Waals surface area contributed by atoms with Gasteiger partial charge in [-0.15, -0.1) is 11.6 Å². The highest BCUT2D eigenvalue weighted by atomic mass is 35.5. The Bertz CT molecular complexity index is 416. The van der Waals surface area contributed by atoms with Crippen molar-refractivity contribution in [2.45, 2.75) is 38.2 Å². The molecule has 92 valence electrons. The van der Waals surface area contributed by atoms with Gasteiger partial charge in [-0.2, -0.15) is 0 Å². The molecule has 1 aliphatic rings. The van der Waals surface area contributed by atoms with E-state index in [-0.39, 0.29) is 5.97 Å². The number of halogens is 1. The molecule has 1 aromatic carbocycles. The number of ether oxygens (including phenoxy) is 1. The van der Waals surface area contributed by atoms with Gasteiger partial charge in [-0.1, -0.05) is 24.3 Å². The summed E-state index contributed by atoms with van der Waals surface area (Å²) in [4.78, 5) is 11.5. The Kier molecular flexibility index (Phi) is 3.72. The lowest BCUT2D eigenvalue weighted by molar-refractivity contribution is -0.166. The van der Waals surface area contributed by atoms with Crippen LogP contribution < -0.4 is 0 Å². The Morgan fingerprint density at radius 3 is 2.88 bits per heavy atom. The van der Waals surface area contributed by atoms with E-state index in [4.69, 9.17) is 16.3 Å². The van der Waals surface area contributed by atoms with Crippen LogP contribution in [0.2, 0.25) is 0 Å². The van der Waals surface area contributed by atoms with Gasteiger partial charge in [0.05, 0.1) is 0 Å². The highest BCUT2D eigenvalue weighted by Crippen LogP contribution is 2.37. The van der Waals surface area contributed by atoms with Crippen LogP contribution in [0, 0.1) is 0 Å². The molecule has 0 amide bonds. The predicted molar refractivity (Wildman–Crippen MR) is 68.2 cm³/mol. The van der Waals surface area contributed by atoms with E-state index in [0.717, 1.165) is 24.8 Å². The zero-order chi connectivity index (χ0) is 12.3. The standard InChI is InChI=1S/C14H17ClO2/c1-14(9-4-7-13(16)17-14)12-6-3-2-5-11(12)8-10-15/h2-3,5-6H,4,7-10H2,1H3. The Hall–Kier alpha value is -1.02. The molecule has 3 heteroatoms. The predicted octanol–water partition coefficient (Wildman–Crippen LogP) is 3.41. The van der Waals surface area contributed by atoms with Crippen LogP contribution in [-0.4, -0.2) is 11.8 Å². The molecule has 1 heterocycles. The summed E-state index contributed by atoms with van der Waals surface area (Å²) < 4.78 is 5.56. The summed E-state index contributed by atoms with van der Waals surface area (Å²) >= 11 is 5.81. The second-order valence-corrected chi connectivity index (χ2v) is 5.03. The quantitative estimate of drug-likeness (QED) is 0.609. The minimum atomic E-state index is -0.474. The summed E-state index contributed by atoms with van der Waals surface area (Å²) in [6.45, 7) is 2.00. The fourth-order valence-electron chi connectivity index (χ4n) is 2.47. The van der Waals surface area contributed by atoms with Crippen molar-refractivity contribution in [1.82, 2.24) is 0 Å². The van der Waals surface area contributed by atoms with Crippen molar-refractivity contribution in [3.63, 3.8) is 0 Å². The number of alkyl halides is 1. The van der Waals surface area contributed by atoms with Gasteiger partial charge < -0.3 is 4.74 Å². The maximum atomic E-state index is 11.5. The van der Waals surface area contributed by atoms with Crippen LogP contribution in [0.15, 0.2) is 24.3 Å². The molecule has 1 saturated heterocycles. The van der Waals surface area contributed by atoms with Gasteiger partial charge in [-0.05, 0) is 37.3 Å². The number of aryl methyl sites for hydroxylation is 1. The Labute approximate surface area is 107 Å². The monoisotopic (exact) mass is 252 g/mol. The number of hydrogen-bond acceptors (Lipinski definition) is 2. The van der Waals surface area contributed by atoms with Crippen molar-refractivity contribution in [1.29, 1.82) is 0 Å². The molecule has 1 fully saturated rings. The second-order valence-electron chi connectivity index (χ2n) is 4.65. The van der Waals surface area contributed by atoms with E-state index in [1.165, 1.54) is 5.56 Å². The maximum absolute atomic E-state index is 11.5. The zero-order valence-corrected chi connectivity index (χ0v) is 10.8. The second kappa shape index (κ2) is 5.09. The minimum absolute atomic E-state index is 0.0978. The first kappa shape index (κ1) is 12.4. The smallest absolute Gasteiger partial charge is 0.306 e. The lowest BCUT2D eigenvalue weighted by Crippen LogP contribution is -2.34. The molecule has 1 atom stereocenters. The first-order valence-corrected chi connectivity index (χ1v) is 6.55. The Balaban J connectivity index is 2.34. The Morgan fingerprint density at radius 2 is 2.18 bits per heavy atom. The molecule has 17 heavy (non-hydrogen) atoms. The highest BCUT2D eigenvalue weighted by molar-refractivity contribution is 6.18. The fourth-order valence-corrected chi connectivity index (χ4v) is 2.67. The van der Waals surface area contributed by atoms with Crippen LogP contribution in [0.4, 0.5) is 0 Å². The molecular formula is C14H17ClO2. The van der Waals surface area contributed by atoms with Gasteiger partial charge in [0.15, 0.2) is 0 Å². The van der Waals surface area contributed by atoms with E-state index >= 15 is 0 Å². The molecule has 0 spiro atoms. The molecule has 0 aliphatic carbocycles. The molecule has 1 unspecified atom stereocenters. The summed E-state index contributed by atoms with van der Waals surface area (Å²) in [6, 6.07) is 8.09. The van der Waals surface area contributed by atoms with Crippen molar-refractivity contribution < 1.29 is 9.53 Å². The fraction of sp³-hybridized carbons (Fsp3) is 0.500. The molecule has 0 radical (unpaired) electrons. The summed E-state index contributed by atoms with van der Waals surface area (Å²) in [5.74, 6) is 0.487. The third kappa shape index (κ3) is 2.63. The first-order valence-electron chi connectivity index (χ1n) is 6.02. The third-order valence-electron chi connectivity index (χ3n) is 3.32. The van der Waals surface area contributed by atoms with Crippen LogP contribution >= 0.6 is 11.6 Å². The van der Waals surface area contributed by atoms with Gasteiger partial charge in [0.25, 0.3) is 0 Å². The molecule has 0 aromatic heterocycles. The van der Waals surface area contributed by atoms with Crippen LogP contribution in [-0.2, 0) is 21.6 Å². The number of carbonyl (C=O) groups is 1. The van der Waals surface area contributed by atoms with Crippen molar-refractivity contribution in [3.05, 3.63) is 35.4 Å². The average Bonchev–Trinajstić information content (AvgIpc) is 2.30. The van der Waals surface area contributed by atoms with E-state index in [1.54, 1.807) is 0 Å². The average molecular weight is 253 g/mol. The SMILES string of the molecule is CC1(c2ccccc2CCCl)CCCC(=O)O1. The van der Waals surface area contributed by atoms with Gasteiger partial charge in [0.2, 0.25) is 0 Å². The van der Waals surface area contributed by atoms with Gasteiger partial charge in [-0.3, -0.25) is 4.79 Å². The molecule has 0 N–H and O–H groups in total. The largest absolute Gasteiger partial charge is 0.454 e. The zero-order valence-electron chi connectivity index (χ0n) is 10.0. The van der Waals surface area contributed by atoms with Crippen molar-refractivity contribution >= 4 is 17.6 Å².